The van der Waals surface area contributed by atoms with Gasteiger partial charge in [-0.05, 0) is 37.1 Å². The number of aromatic hydroxyl groups is 1. The molecule has 0 fully saturated rings. The van der Waals surface area contributed by atoms with E-state index in [-0.39, 0.29) is 44.1 Å². The molecule has 0 bridgehead atoms. The Balaban J connectivity index is 0.00000121. The van der Waals surface area contributed by atoms with E-state index >= 15 is 0 Å². The summed E-state index contributed by atoms with van der Waals surface area (Å²) in [5.41, 5.74) is 3.21. The van der Waals surface area contributed by atoms with Crippen LogP contribution in [0, 0.1) is 51.0 Å². The van der Waals surface area contributed by atoms with Gasteiger partial charge in [0.1, 0.15) is 5.75 Å². The van der Waals surface area contributed by atoms with Crippen LogP contribution < -0.4 is 0 Å². The van der Waals surface area contributed by atoms with Crippen molar-refractivity contribution in [2.75, 3.05) is 0 Å². The van der Waals surface area contributed by atoms with Crippen molar-refractivity contribution in [3.8, 4) is 5.75 Å². The average molecular weight is 375 g/mol. The van der Waals surface area contributed by atoms with Crippen molar-refractivity contribution >= 4 is 5.57 Å². The van der Waals surface area contributed by atoms with Crippen molar-refractivity contribution in [2.24, 2.45) is 0 Å². The van der Waals surface area contributed by atoms with Crippen LogP contribution in [0.3, 0.4) is 0 Å². The number of allylic oxidation sites excluding steroid dienone is 1. The molecule has 0 saturated carbocycles. The van der Waals surface area contributed by atoms with E-state index in [4.69, 9.17) is 5.11 Å². The maximum atomic E-state index is 9.09. The molecule has 0 aliphatic carbocycles. The summed E-state index contributed by atoms with van der Waals surface area (Å²) in [5, 5.41) is 9.09. The SMILES string of the molecule is C=C(C)c1ccc(O)cc1C.[Ac]. The molecule has 0 heterocycles. The first-order chi connectivity index (χ1) is 5.11. The van der Waals surface area contributed by atoms with Gasteiger partial charge in [-0.3, -0.25) is 0 Å². The van der Waals surface area contributed by atoms with Gasteiger partial charge in [0, 0.05) is 44.1 Å². The average Bonchev–Trinajstić information content (AvgIpc) is 1.85. The number of benzene rings is 1. The third-order valence-corrected chi connectivity index (χ3v) is 1.67. The van der Waals surface area contributed by atoms with Crippen LogP contribution in [0.1, 0.15) is 18.1 Å². The minimum Gasteiger partial charge on any atom is -0.508 e. The Hall–Kier alpha value is 0.202. The smallest absolute Gasteiger partial charge is 0.115 e. The number of hydrogen-bond acceptors (Lipinski definition) is 1. The third-order valence-electron chi connectivity index (χ3n) is 1.67. The molecule has 2 heteroatoms. The molecule has 0 amide bonds. The second kappa shape index (κ2) is 5.04. The first-order valence-electron chi connectivity index (χ1n) is 3.57. The van der Waals surface area contributed by atoms with Gasteiger partial charge >= 0.3 is 0 Å². The van der Waals surface area contributed by atoms with Crippen molar-refractivity contribution in [1.29, 1.82) is 0 Å². The van der Waals surface area contributed by atoms with E-state index in [0.29, 0.717) is 5.75 Å². The first-order valence-corrected chi connectivity index (χ1v) is 3.57. The molecule has 0 unspecified atom stereocenters. The van der Waals surface area contributed by atoms with Gasteiger partial charge in [-0.2, -0.15) is 0 Å². The Bertz CT molecular complexity index is 292. The number of hydrogen-bond donors (Lipinski definition) is 1. The van der Waals surface area contributed by atoms with Crippen LogP contribution in [0.5, 0.6) is 5.75 Å². The summed E-state index contributed by atoms with van der Waals surface area (Å²) in [6.07, 6.45) is 0. The third kappa shape index (κ3) is 2.92. The fraction of sp³-hybridized carbons (Fsp3) is 0.200. The molecule has 1 aromatic rings. The molecule has 1 aromatic carbocycles. The predicted octanol–water partition coefficient (Wildman–Crippen LogP) is 2.73. The van der Waals surface area contributed by atoms with Gasteiger partial charge < -0.3 is 5.11 Å². The summed E-state index contributed by atoms with van der Waals surface area (Å²) in [6, 6.07) is 5.30. The molecule has 1 rings (SSSR count). The minimum atomic E-state index is 0. The molecule has 1 N–H and O–H groups in total. The van der Waals surface area contributed by atoms with E-state index in [2.05, 4.69) is 6.58 Å². The Morgan fingerprint density at radius 1 is 1.42 bits per heavy atom. The van der Waals surface area contributed by atoms with Crippen LogP contribution in [0.2, 0.25) is 0 Å². The van der Waals surface area contributed by atoms with Crippen LogP contribution in [0.25, 0.3) is 5.57 Å². The zero-order chi connectivity index (χ0) is 8.43. The summed E-state index contributed by atoms with van der Waals surface area (Å²) in [7, 11) is 0. The molecule has 61 valence electrons. The molecule has 0 aliphatic heterocycles. The quantitative estimate of drug-likeness (QED) is 0.801. The molecule has 0 aromatic heterocycles. The van der Waals surface area contributed by atoms with Crippen LogP contribution in [-0.4, -0.2) is 5.11 Å². The second-order valence-electron chi connectivity index (χ2n) is 2.78. The fourth-order valence-electron chi connectivity index (χ4n) is 1.13. The van der Waals surface area contributed by atoms with Crippen LogP contribution in [0.15, 0.2) is 24.8 Å². The van der Waals surface area contributed by atoms with Gasteiger partial charge in [0.05, 0.1) is 0 Å². The van der Waals surface area contributed by atoms with Crippen molar-refractivity contribution in [3.05, 3.63) is 35.9 Å². The van der Waals surface area contributed by atoms with E-state index in [9.17, 15) is 0 Å². The molecule has 1 radical (unpaired) electrons. The minimum absolute atomic E-state index is 0. The maximum Gasteiger partial charge on any atom is 0.115 e. The van der Waals surface area contributed by atoms with Crippen LogP contribution in [-0.2, 0) is 0 Å². The Labute approximate surface area is 109 Å². The van der Waals surface area contributed by atoms with Crippen LogP contribution in [0.4, 0.5) is 0 Å². The van der Waals surface area contributed by atoms with E-state index in [1.165, 1.54) is 0 Å². The molecule has 0 aliphatic rings. The van der Waals surface area contributed by atoms with Gasteiger partial charge in [0.15, 0.2) is 0 Å². The zero-order valence-electron chi connectivity index (χ0n) is 7.46. The summed E-state index contributed by atoms with van der Waals surface area (Å²) < 4.78 is 0. The Morgan fingerprint density at radius 3 is 2.42 bits per heavy atom. The Kier molecular flexibility index (Phi) is 5.13. The molecule has 0 atom stereocenters. The van der Waals surface area contributed by atoms with E-state index in [1.807, 2.05) is 19.9 Å². The van der Waals surface area contributed by atoms with E-state index in [0.717, 1.165) is 16.7 Å². The second-order valence-corrected chi connectivity index (χ2v) is 2.78. The largest absolute Gasteiger partial charge is 0.508 e. The molecule has 0 spiro atoms. The molecule has 0 saturated heterocycles. The van der Waals surface area contributed by atoms with Crippen molar-refractivity contribution < 1.29 is 49.2 Å². The van der Waals surface area contributed by atoms with E-state index in [1.54, 1.807) is 12.1 Å². The summed E-state index contributed by atoms with van der Waals surface area (Å²) in [5.74, 6) is 0.313. The van der Waals surface area contributed by atoms with Gasteiger partial charge in [-0.25, -0.2) is 0 Å². The standard InChI is InChI=1S/C10H12O.Ac/c1-7(2)10-5-4-9(11)6-8(10)3;/h4-6,11H,1H2,2-3H3;. The van der Waals surface area contributed by atoms with Gasteiger partial charge in [-0.1, -0.05) is 18.2 Å². The number of rotatable bonds is 1. The van der Waals surface area contributed by atoms with E-state index < -0.39 is 0 Å². The topological polar surface area (TPSA) is 20.2 Å². The molecule has 1 nitrogen and oxygen atoms in total. The number of aryl methyl sites for hydroxylation is 1. The maximum absolute atomic E-state index is 9.09. The van der Waals surface area contributed by atoms with Gasteiger partial charge in [-0.15, -0.1) is 0 Å². The first kappa shape index (κ1) is 12.2. The zero-order valence-corrected chi connectivity index (χ0v) is 12.2. The van der Waals surface area contributed by atoms with Crippen molar-refractivity contribution in [3.63, 3.8) is 0 Å². The molecule has 12 heavy (non-hydrogen) atoms. The Morgan fingerprint density at radius 2 is 2.00 bits per heavy atom. The molecular formula is C10H12AcO. The number of phenols is 1. The fourth-order valence-corrected chi connectivity index (χ4v) is 1.13. The van der Waals surface area contributed by atoms with Crippen LogP contribution >= 0.6 is 0 Å². The summed E-state index contributed by atoms with van der Waals surface area (Å²) >= 11 is 0. The molecular weight excluding hydrogens is 363 g/mol. The van der Waals surface area contributed by atoms with Gasteiger partial charge in [0.2, 0.25) is 0 Å². The van der Waals surface area contributed by atoms with Crippen molar-refractivity contribution in [2.45, 2.75) is 13.8 Å². The normalized spacial score (nSPS) is 8.83. The summed E-state index contributed by atoms with van der Waals surface area (Å²) in [4.78, 5) is 0. The van der Waals surface area contributed by atoms with Gasteiger partial charge in [0.25, 0.3) is 0 Å². The number of phenolic OH excluding ortho intramolecular Hbond substituents is 1. The summed E-state index contributed by atoms with van der Waals surface area (Å²) in [6.45, 7) is 7.75. The predicted molar refractivity (Wildman–Crippen MR) is 47.6 cm³/mol. The van der Waals surface area contributed by atoms with Crippen molar-refractivity contribution in [1.82, 2.24) is 0 Å². The monoisotopic (exact) mass is 375 g/mol.